The molecule has 0 heterocycles. The summed E-state index contributed by atoms with van der Waals surface area (Å²) in [6, 6.07) is 19.3. The lowest BCUT2D eigenvalue weighted by Gasteiger charge is -2.57. The number of nitrogens with one attached hydrogen (secondary N) is 1. The Morgan fingerprint density at radius 2 is 1.47 bits per heavy atom. The number of benzene rings is 3. The highest BCUT2D eigenvalue weighted by molar-refractivity contribution is 7.92. The van der Waals surface area contributed by atoms with Crippen LogP contribution in [0.15, 0.2) is 71.6 Å². The summed E-state index contributed by atoms with van der Waals surface area (Å²) in [5.41, 5.74) is 2.63. The summed E-state index contributed by atoms with van der Waals surface area (Å²) in [5.74, 6) is 3.41. The maximum Gasteiger partial charge on any atom is 0.264 e. The Morgan fingerprint density at radius 3 is 2.02 bits per heavy atom. The molecule has 0 unspecified atom stereocenters. The van der Waals surface area contributed by atoms with Gasteiger partial charge in [0, 0.05) is 11.8 Å². The highest BCUT2D eigenvalue weighted by Crippen LogP contribution is 2.60. The van der Waals surface area contributed by atoms with E-state index in [2.05, 4.69) is 17.4 Å². The fourth-order valence-electron chi connectivity index (χ4n) is 8.00. The molecule has 4 aliphatic carbocycles. The van der Waals surface area contributed by atoms with Crippen LogP contribution < -0.4 is 23.8 Å². The lowest BCUT2D eigenvalue weighted by molar-refractivity contribution is -0.114. The molecule has 3 aromatic rings. The summed E-state index contributed by atoms with van der Waals surface area (Å²) >= 11 is 0. The van der Waals surface area contributed by atoms with Crippen molar-refractivity contribution < 1.29 is 27.4 Å². The smallest absolute Gasteiger partial charge is 0.264 e. The highest BCUT2D eigenvalue weighted by Gasteiger charge is 2.51. The molecule has 0 saturated heterocycles. The molecule has 7 rings (SSSR count). The summed E-state index contributed by atoms with van der Waals surface area (Å²) in [7, 11) is -1.23. The number of carbonyl (C=O) groups excluding carboxylic acids is 1. The zero-order valence-corrected chi connectivity index (χ0v) is 25.9. The Morgan fingerprint density at radius 1 is 0.860 bits per heavy atom. The van der Waals surface area contributed by atoms with Crippen LogP contribution in [-0.2, 0) is 20.2 Å². The molecule has 4 fully saturated rings. The van der Waals surface area contributed by atoms with Gasteiger partial charge < -0.3 is 19.5 Å². The average Bonchev–Trinajstić information content (AvgIpc) is 2.99. The molecule has 4 aliphatic rings. The number of hydrogen-bond acceptors (Lipinski definition) is 6. The van der Waals surface area contributed by atoms with E-state index in [4.69, 9.17) is 14.2 Å². The Labute approximate surface area is 254 Å². The van der Waals surface area contributed by atoms with E-state index in [1.165, 1.54) is 76.5 Å². The van der Waals surface area contributed by atoms with Crippen molar-refractivity contribution in [1.82, 2.24) is 0 Å². The molecule has 1 amide bonds. The SMILES string of the molecule is CCOc1ccc(N(CC(=O)Nc2ccc(C34CC5CC(CC(C5)C3)C4)cc2)S(=O)(=O)c2ccc(OC)c(OC)c2)cc1. The quantitative estimate of drug-likeness (QED) is 0.272. The number of rotatable bonds is 11. The summed E-state index contributed by atoms with van der Waals surface area (Å²) < 4.78 is 45.2. The van der Waals surface area contributed by atoms with Crippen LogP contribution in [0.3, 0.4) is 0 Å². The van der Waals surface area contributed by atoms with Gasteiger partial charge in [-0.05, 0) is 123 Å². The molecule has 0 aliphatic heterocycles. The summed E-state index contributed by atoms with van der Waals surface area (Å²) in [6.07, 6.45) is 8.00. The van der Waals surface area contributed by atoms with Crippen LogP contribution in [0, 0.1) is 17.8 Å². The van der Waals surface area contributed by atoms with Crippen LogP contribution in [-0.4, -0.2) is 41.7 Å². The van der Waals surface area contributed by atoms with Gasteiger partial charge in [0.1, 0.15) is 12.3 Å². The van der Waals surface area contributed by atoms with Crippen LogP contribution in [0.5, 0.6) is 17.2 Å². The van der Waals surface area contributed by atoms with Gasteiger partial charge in [-0.2, -0.15) is 0 Å². The van der Waals surface area contributed by atoms with Gasteiger partial charge in [-0.25, -0.2) is 8.42 Å². The monoisotopic (exact) mass is 604 g/mol. The van der Waals surface area contributed by atoms with E-state index in [1.807, 2.05) is 19.1 Å². The van der Waals surface area contributed by atoms with Gasteiger partial charge in [-0.1, -0.05) is 12.1 Å². The molecule has 228 valence electrons. The first-order valence-electron chi connectivity index (χ1n) is 15.1. The normalized spacial score (nSPS) is 23.9. The molecule has 0 atom stereocenters. The number of hydrogen-bond donors (Lipinski definition) is 1. The number of anilines is 2. The molecule has 1 N–H and O–H groups in total. The number of methoxy groups -OCH3 is 2. The van der Waals surface area contributed by atoms with Crippen molar-refractivity contribution in [3.05, 3.63) is 72.3 Å². The Balaban J connectivity index is 1.23. The second-order valence-corrected chi connectivity index (χ2v) is 14.1. The van der Waals surface area contributed by atoms with E-state index in [1.54, 1.807) is 24.3 Å². The fourth-order valence-corrected chi connectivity index (χ4v) is 9.43. The lowest BCUT2D eigenvalue weighted by Crippen LogP contribution is -2.48. The molecular weight excluding hydrogens is 564 g/mol. The first kappa shape index (κ1) is 29.4. The first-order chi connectivity index (χ1) is 20.7. The van der Waals surface area contributed by atoms with E-state index >= 15 is 0 Å². The highest BCUT2D eigenvalue weighted by atomic mass is 32.2. The molecule has 3 aromatic carbocycles. The van der Waals surface area contributed by atoms with Gasteiger partial charge in [0.2, 0.25) is 5.91 Å². The van der Waals surface area contributed by atoms with Crippen molar-refractivity contribution in [3.8, 4) is 17.2 Å². The molecule has 9 heteroatoms. The maximum atomic E-state index is 14.0. The van der Waals surface area contributed by atoms with Crippen LogP contribution in [0.2, 0.25) is 0 Å². The molecule has 43 heavy (non-hydrogen) atoms. The van der Waals surface area contributed by atoms with Gasteiger partial charge in [0.25, 0.3) is 10.0 Å². The Bertz CT molecular complexity index is 1530. The van der Waals surface area contributed by atoms with E-state index in [0.29, 0.717) is 29.5 Å². The lowest BCUT2D eigenvalue weighted by atomic mass is 9.48. The summed E-state index contributed by atoms with van der Waals surface area (Å²) in [5, 5.41) is 2.92. The number of nitrogens with zero attached hydrogens (tertiary/aromatic N) is 1. The average molecular weight is 605 g/mol. The van der Waals surface area contributed by atoms with Crippen molar-refractivity contribution in [2.45, 2.75) is 55.8 Å². The second kappa shape index (κ2) is 11.8. The first-order valence-corrected chi connectivity index (χ1v) is 16.5. The van der Waals surface area contributed by atoms with Gasteiger partial charge in [0.05, 0.1) is 31.4 Å². The summed E-state index contributed by atoms with van der Waals surface area (Å²) in [6.45, 7) is 1.94. The predicted octanol–water partition coefficient (Wildman–Crippen LogP) is 6.40. The third-order valence-corrected chi connectivity index (χ3v) is 11.3. The van der Waals surface area contributed by atoms with Crippen molar-refractivity contribution in [1.29, 1.82) is 0 Å². The fraction of sp³-hybridized carbons (Fsp3) is 0.441. The molecule has 4 bridgehead atoms. The Kier molecular flexibility index (Phi) is 8.02. The van der Waals surface area contributed by atoms with E-state index in [0.717, 1.165) is 22.1 Å². The summed E-state index contributed by atoms with van der Waals surface area (Å²) in [4.78, 5) is 13.4. The van der Waals surface area contributed by atoms with Crippen molar-refractivity contribution >= 4 is 27.3 Å². The molecule has 0 aromatic heterocycles. The van der Waals surface area contributed by atoms with Gasteiger partial charge in [0.15, 0.2) is 11.5 Å². The minimum Gasteiger partial charge on any atom is -0.494 e. The molecule has 4 saturated carbocycles. The number of carbonyl (C=O) groups is 1. The minimum absolute atomic E-state index is 0.0215. The second-order valence-electron chi connectivity index (χ2n) is 12.3. The number of amides is 1. The topological polar surface area (TPSA) is 94.2 Å². The number of sulfonamides is 1. The predicted molar refractivity (Wildman–Crippen MR) is 167 cm³/mol. The van der Waals surface area contributed by atoms with Crippen LogP contribution in [0.25, 0.3) is 0 Å². The molecular formula is C34H40N2O6S. The largest absolute Gasteiger partial charge is 0.494 e. The van der Waals surface area contributed by atoms with Gasteiger partial charge >= 0.3 is 0 Å². The van der Waals surface area contributed by atoms with Crippen LogP contribution in [0.1, 0.15) is 51.0 Å². The standard InChI is InChI=1S/C34H40N2O6S/c1-4-42-29-11-9-28(10-12-29)36(43(38,39)30-13-14-31(40-2)32(18-30)41-3)22-33(37)35-27-7-5-26(6-8-27)34-19-23-15-24(20-34)17-25(16-23)21-34/h5-14,18,23-25H,4,15-17,19-22H2,1-3H3,(H,35,37). The van der Waals surface area contributed by atoms with Crippen LogP contribution >= 0.6 is 0 Å². The minimum atomic E-state index is -4.16. The van der Waals surface area contributed by atoms with E-state index in [9.17, 15) is 13.2 Å². The van der Waals surface area contributed by atoms with Gasteiger partial charge in [-0.3, -0.25) is 9.10 Å². The molecule has 0 radical (unpaired) electrons. The van der Waals surface area contributed by atoms with Crippen LogP contribution in [0.4, 0.5) is 11.4 Å². The van der Waals surface area contributed by atoms with Crippen molar-refractivity contribution in [2.75, 3.05) is 37.0 Å². The zero-order valence-electron chi connectivity index (χ0n) is 25.0. The molecule has 0 spiro atoms. The van der Waals surface area contributed by atoms with Gasteiger partial charge in [-0.15, -0.1) is 0 Å². The van der Waals surface area contributed by atoms with E-state index in [-0.39, 0.29) is 16.1 Å². The third kappa shape index (κ3) is 5.79. The zero-order chi connectivity index (χ0) is 30.2. The Hall–Kier alpha value is -3.72. The third-order valence-electron chi connectivity index (χ3n) is 9.49. The van der Waals surface area contributed by atoms with E-state index < -0.39 is 22.5 Å². The molecule has 8 nitrogen and oxygen atoms in total. The maximum absolute atomic E-state index is 14.0. The van der Waals surface area contributed by atoms with Crippen molar-refractivity contribution in [3.63, 3.8) is 0 Å². The van der Waals surface area contributed by atoms with Crippen molar-refractivity contribution in [2.24, 2.45) is 17.8 Å². The number of ether oxygens (including phenoxy) is 3.